The largest absolute Gasteiger partial charge is 0.340 e. The van der Waals surface area contributed by atoms with E-state index in [1.807, 2.05) is 36.4 Å². The van der Waals surface area contributed by atoms with Gasteiger partial charge >= 0.3 is 0 Å². The van der Waals surface area contributed by atoms with E-state index in [2.05, 4.69) is 23.0 Å². The van der Waals surface area contributed by atoms with E-state index in [-0.39, 0.29) is 5.78 Å². The predicted octanol–water partition coefficient (Wildman–Crippen LogP) is 3.62. The molecule has 0 aliphatic rings. The molecular formula is C18H15N3O. The molecule has 1 aromatic heterocycles. The second-order valence-electron chi connectivity index (χ2n) is 5.12. The Morgan fingerprint density at radius 2 is 1.95 bits per heavy atom. The summed E-state index contributed by atoms with van der Waals surface area (Å²) in [7, 11) is 0. The molecule has 0 bridgehead atoms. The van der Waals surface area contributed by atoms with E-state index in [0.717, 1.165) is 23.0 Å². The lowest BCUT2D eigenvalue weighted by molar-refractivity contribution is 0.0976. The highest BCUT2D eigenvalue weighted by Crippen LogP contribution is 2.21. The van der Waals surface area contributed by atoms with Crippen LogP contribution in [0, 0.1) is 11.3 Å². The molecule has 2 aromatic carbocycles. The molecule has 4 heteroatoms. The van der Waals surface area contributed by atoms with Gasteiger partial charge < -0.3 is 4.98 Å². The zero-order valence-corrected chi connectivity index (χ0v) is 12.2. The Bertz CT molecular complexity index is 823. The van der Waals surface area contributed by atoms with Gasteiger partial charge in [-0.05, 0) is 24.1 Å². The van der Waals surface area contributed by atoms with Crippen molar-refractivity contribution in [3.05, 3.63) is 65.5 Å². The maximum Gasteiger partial charge on any atom is 0.187 e. The van der Waals surface area contributed by atoms with Gasteiger partial charge in [-0.1, -0.05) is 43.3 Å². The molecule has 0 fully saturated rings. The molecule has 1 N–H and O–H groups in total. The number of para-hydroxylation sites is 2. The van der Waals surface area contributed by atoms with Gasteiger partial charge in [-0.15, -0.1) is 0 Å². The second-order valence-corrected chi connectivity index (χ2v) is 5.12. The average molecular weight is 289 g/mol. The second kappa shape index (κ2) is 5.82. The number of benzene rings is 2. The number of hydrogen-bond acceptors (Lipinski definition) is 3. The Morgan fingerprint density at radius 1 is 1.23 bits per heavy atom. The maximum absolute atomic E-state index is 12.6. The number of nitrogens with zero attached hydrogens (tertiary/aromatic N) is 2. The van der Waals surface area contributed by atoms with E-state index in [1.54, 1.807) is 12.1 Å². The lowest BCUT2D eigenvalue weighted by atomic mass is 9.97. The summed E-state index contributed by atoms with van der Waals surface area (Å²) in [4.78, 5) is 20.0. The molecular weight excluding hydrogens is 274 g/mol. The number of aryl methyl sites for hydroxylation is 1. The Labute approximate surface area is 128 Å². The Morgan fingerprint density at radius 3 is 2.59 bits per heavy atom. The van der Waals surface area contributed by atoms with E-state index < -0.39 is 5.92 Å². The Balaban J connectivity index is 1.95. The fraction of sp³-hybridized carbons (Fsp3) is 0.167. The van der Waals surface area contributed by atoms with E-state index in [4.69, 9.17) is 0 Å². The van der Waals surface area contributed by atoms with Crippen molar-refractivity contribution in [3.63, 3.8) is 0 Å². The number of H-pyrrole nitrogens is 1. The minimum absolute atomic E-state index is 0.232. The first-order chi connectivity index (χ1) is 10.7. The number of imidazole rings is 1. The number of Topliss-reactive ketones (excluding diaryl/α,β-unsaturated/α-hetero) is 1. The van der Waals surface area contributed by atoms with Crippen molar-refractivity contribution >= 4 is 16.8 Å². The molecule has 22 heavy (non-hydrogen) atoms. The first-order valence-corrected chi connectivity index (χ1v) is 7.20. The number of nitriles is 1. The maximum atomic E-state index is 12.6. The average Bonchev–Trinajstić information content (AvgIpc) is 2.99. The van der Waals surface area contributed by atoms with E-state index in [0.29, 0.717) is 11.4 Å². The standard InChI is InChI=1S/C18H15N3O/c1-2-12-7-9-13(10-8-12)17(22)14(11-19)18-20-15-5-3-4-6-16(15)21-18/h3-10,14H,2H2,1H3,(H,20,21). The summed E-state index contributed by atoms with van der Waals surface area (Å²) < 4.78 is 0. The topological polar surface area (TPSA) is 69.5 Å². The first kappa shape index (κ1) is 14.0. The number of ketones is 1. The van der Waals surface area contributed by atoms with Crippen LogP contribution in [-0.2, 0) is 6.42 Å². The van der Waals surface area contributed by atoms with Gasteiger partial charge in [0.1, 0.15) is 5.82 Å². The smallest absolute Gasteiger partial charge is 0.187 e. The SMILES string of the molecule is CCc1ccc(C(=O)C(C#N)c2nc3ccccc3[nH]2)cc1. The summed E-state index contributed by atoms with van der Waals surface area (Å²) in [5.74, 6) is -0.752. The van der Waals surface area contributed by atoms with Crippen LogP contribution in [0.4, 0.5) is 0 Å². The quantitative estimate of drug-likeness (QED) is 0.746. The zero-order valence-electron chi connectivity index (χ0n) is 12.2. The number of carbonyl (C=O) groups excluding carboxylic acids is 1. The van der Waals surface area contributed by atoms with Crippen LogP contribution < -0.4 is 0 Å². The van der Waals surface area contributed by atoms with Crippen LogP contribution in [0.25, 0.3) is 11.0 Å². The van der Waals surface area contributed by atoms with Crippen LogP contribution in [0.15, 0.2) is 48.5 Å². The molecule has 0 aliphatic heterocycles. The molecule has 1 heterocycles. The summed E-state index contributed by atoms with van der Waals surface area (Å²) in [6.45, 7) is 2.06. The fourth-order valence-corrected chi connectivity index (χ4v) is 2.42. The molecule has 3 rings (SSSR count). The Kier molecular flexibility index (Phi) is 3.71. The monoisotopic (exact) mass is 289 g/mol. The number of aromatic amines is 1. The van der Waals surface area contributed by atoms with Crippen molar-refractivity contribution in [3.8, 4) is 6.07 Å². The van der Waals surface area contributed by atoms with Crippen LogP contribution in [0.3, 0.4) is 0 Å². The van der Waals surface area contributed by atoms with Crippen molar-refractivity contribution in [1.82, 2.24) is 9.97 Å². The third kappa shape index (κ3) is 2.49. The summed E-state index contributed by atoms with van der Waals surface area (Å²) in [6, 6.07) is 16.9. The number of aromatic nitrogens is 2. The minimum atomic E-state index is -0.917. The number of carbonyl (C=O) groups is 1. The van der Waals surface area contributed by atoms with Crippen molar-refractivity contribution in [2.24, 2.45) is 0 Å². The van der Waals surface area contributed by atoms with Crippen molar-refractivity contribution in [2.45, 2.75) is 19.3 Å². The van der Waals surface area contributed by atoms with Gasteiger partial charge in [-0.3, -0.25) is 4.79 Å². The molecule has 0 saturated carbocycles. The first-order valence-electron chi connectivity index (χ1n) is 7.20. The van der Waals surface area contributed by atoms with Gasteiger partial charge in [0.2, 0.25) is 0 Å². The molecule has 0 aliphatic carbocycles. The normalized spacial score (nSPS) is 12.0. The van der Waals surface area contributed by atoms with Crippen LogP contribution >= 0.6 is 0 Å². The molecule has 1 unspecified atom stereocenters. The number of fused-ring (bicyclic) bond motifs is 1. The lowest BCUT2D eigenvalue weighted by Crippen LogP contribution is -2.12. The summed E-state index contributed by atoms with van der Waals surface area (Å²) >= 11 is 0. The Hall–Kier alpha value is -2.93. The highest BCUT2D eigenvalue weighted by molar-refractivity contribution is 6.02. The molecule has 0 saturated heterocycles. The fourth-order valence-electron chi connectivity index (χ4n) is 2.42. The lowest BCUT2D eigenvalue weighted by Gasteiger charge is -2.06. The van der Waals surface area contributed by atoms with E-state index in [9.17, 15) is 10.1 Å². The molecule has 1 atom stereocenters. The summed E-state index contributed by atoms with van der Waals surface area (Å²) in [5, 5.41) is 9.41. The highest BCUT2D eigenvalue weighted by atomic mass is 16.1. The molecule has 0 amide bonds. The van der Waals surface area contributed by atoms with Crippen LogP contribution in [0.2, 0.25) is 0 Å². The van der Waals surface area contributed by atoms with Crippen LogP contribution in [0.1, 0.15) is 34.6 Å². The molecule has 0 spiro atoms. The highest BCUT2D eigenvalue weighted by Gasteiger charge is 2.24. The summed E-state index contributed by atoms with van der Waals surface area (Å²) in [5.41, 5.74) is 3.27. The summed E-state index contributed by atoms with van der Waals surface area (Å²) in [6.07, 6.45) is 0.916. The van der Waals surface area contributed by atoms with Gasteiger partial charge in [0.05, 0.1) is 17.1 Å². The molecule has 108 valence electrons. The van der Waals surface area contributed by atoms with E-state index in [1.165, 1.54) is 0 Å². The van der Waals surface area contributed by atoms with Gasteiger partial charge in [-0.25, -0.2) is 4.98 Å². The third-order valence-electron chi connectivity index (χ3n) is 3.72. The molecule has 0 radical (unpaired) electrons. The van der Waals surface area contributed by atoms with Crippen molar-refractivity contribution in [1.29, 1.82) is 5.26 Å². The molecule has 3 aromatic rings. The third-order valence-corrected chi connectivity index (χ3v) is 3.72. The van der Waals surface area contributed by atoms with Gasteiger partial charge in [0.25, 0.3) is 0 Å². The predicted molar refractivity (Wildman–Crippen MR) is 84.6 cm³/mol. The van der Waals surface area contributed by atoms with Gasteiger partial charge in [0.15, 0.2) is 11.7 Å². The van der Waals surface area contributed by atoms with E-state index >= 15 is 0 Å². The number of nitrogens with one attached hydrogen (secondary N) is 1. The minimum Gasteiger partial charge on any atom is -0.340 e. The van der Waals surface area contributed by atoms with Crippen LogP contribution in [0.5, 0.6) is 0 Å². The van der Waals surface area contributed by atoms with Gasteiger partial charge in [0, 0.05) is 5.56 Å². The molecule has 4 nitrogen and oxygen atoms in total. The van der Waals surface area contributed by atoms with Gasteiger partial charge in [-0.2, -0.15) is 5.26 Å². The number of rotatable bonds is 4. The number of hydrogen-bond donors (Lipinski definition) is 1. The van der Waals surface area contributed by atoms with Crippen molar-refractivity contribution < 1.29 is 4.79 Å². The van der Waals surface area contributed by atoms with Crippen LogP contribution in [-0.4, -0.2) is 15.8 Å². The van der Waals surface area contributed by atoms with Crippen molar-refractivity contribution in [2.75, 3.05) is 0 Å². The zero-order chi connectivity index (χ0) is 15.5.